The fourth-order valence-corrected chi connectivity index (χ4v) is 3.21. The van der Waals surface area contributed by atoms with Crippen molar-refractivity contribution >= 4 is 0 Å². The molecule has 1 atom stereocenters. The maximum atomic E-state index is 12.9. The summed E-state index contributed by atoms with van der Waals surface area (Å²) in [6.07, 6.45) is 9.31. The van der Waals surface area contributed by atoms with E-state index in [1.165, 1.54) is 44.1 Å². The van der Waals surface area contributed by atoms with Gasteiger partial charge < -0.3 is 5.32 Å². The molecule has 0 aromatic heterocycles. The summed E-state index contributed by atoms with van der Waals surface area (Å²) in [5.41, 5.74) is 1.23. The van der Waals surface area contributed by atoms with Gasteiger partial charge in [0.15, 0.2) is 0 Å². The molecule has 1 unspecified atom stereocenters. The van der Waals surface area contributed by atoms with Crippen molar-refractivity contribution in [2.45, 2.75) is 57.9 Å². The number of likely N-dealkylation sites (N-methyl/N-ethyl adjacent to an activating group) is 1. The predicted octanol–water partition coefficient (Wildman–Crippen LogP) is 4.32. The highest BCUT2D eigenvalue weighted by atomic mass is 19.1. The van der Waals surface area contributed by atoms with E-state index in [4.69, 9.17) is 0 Å². The third kappa shape index (κ3) is 4.94. The molecule has 19 heavy (non-hydrogen) atoms. The van der Waals surface area contributed by atoms with Crippen LogP contribution in [-0.2, 0) is 6.42 Å². The van der Waals surface area contributed by atoms with Gasteiger partial charge in [-0.1, -0.05) is 44.7 Å². The van der Waals surface area contributed by atoms with Gasteiger partial charge in [0, 0.05) is 6.04 Å². The van der Waals surface area contributed by atoms with Crippen LogP contribution in [0.5, 0.6) is 0 Å². The zero-order chi connectivity index (χ0) is 13.5. The molecule has 0 amide bonds. The Kier molecular flexibility index (Phi) is 5.84. The molecule has 1 aliphatic carbocycles. The molecule has 2 rings (SSSR count). The number of halogens is 1. The number of hydrogen-bond acceptors (Lipinski definition) is 1. The molecular formula is C17H26FN. The van der Waals surface area contributed by atoms with E-state index >= 15 is 0 Å². The van der Waals surface area contributed by atoms with Crippen LogP contribution in [0.2, 0.25) is 0 Å². The third-order valence-electron chi connectivity index (χ3n) is 4.29. The molecule has 0 saturated heterocycles. The molecule has 1 fully saturated rings. The van der Waals surface area contributed by atoms with Crippen LogP contribution >= 0.6 is 0 Å². The molecule has 2 heteroatoms. The van der Waals surface area contributed by atoms with Crippen LogP contribution in [0.4, 0.5) is 4.39 Å². The van der Waals surface area contributed by atoms with Crippen molar-refractivity contribution in [3.63, 3.8) is 0 Å². The van der Waals surface area contributed by atoms with Crippen molar-refractivity contribution in [1.82, 2.24) is 5.32 Å². The lowest BCUT2D eigenvalue weighted by atomic mass is 9.95. The van der Waals surface area contributed by atoms with Gasteiger partial charge in [0.05, 0.1) is 0 Å². The Morgan fingerprint density at radius 2 is 1.89 bits per heavy atom. The SMILES string of the molecule is CCNC(CCC1CCCC1)Cc1ccc(F)cc1. The zero-order valence-corrected chi connectivity index (χ0v) is 12.0. The molecule has 0 aliphatic heterocycles. The van der Waals surface area contributed by atoms with Crippen molar-refractivity contribution in [3.8, 4) is 0 Å². The fourth-order valence-electron chi connectivity index (χ4n) is 3.21. The maximum Gasteiger partial charge on any atom is 0.123 e. The number of rotatable bonds is 7. The fraction of sp³-hybridized carbons (Fsp3) is 0.647. The second-order valence-electron chi connectivity index (χ2n) is 5.81. The number of nitrogens with one attached hydrogen (secondary N) is 1. The Bertz CT molecular complexity index is 354. The smallest absolute Gasteiger partial charge is 0.123 e. The first-order chi connectivity index (χ1) is 9.28. The summed E-state index contributed by atoms with van der Waals surface area (Å²) in [5.74, 6) is 0.809. The van der Waals surface area contributed by atoms with Gasteiger partial charge in [0.1, 0.15) is 5.82 Å². The summed E-state index contributed by atoms with van der Waals surface area (Å²) in [6, 6.07) is 7.49. The molecule has 1 aromatic rings. The van der Waals surface area contributed by atoms with Gasteiger partial charge in [-0.05, 0) is 49.4 Å². The first kappa shape index (κ1) is 14.5. The molecule has 0 spiro atoms. The molecule has 0 heterocycles. The summed E-state index contributed by atoms with van der Waals surface area (Å²) in [4.78, 5) is 0. The summed E-state index contributed by atoms with van der Waals surface area (Å²) in [7, 11) is 0. The van der Waals surface area contributed by atoms with Crippen molar-refractivity contribution in [2.24, 2.45) is 5.92 Å². The second-order valence-corrected chi connectivity index (χ2v) is 5.81. The van der Waals surface area contributed by atoms with Gasteiger partial charge in [-0.25, -0.2) is 4.39 Å². The highest BCUT2D eigenvalue weighted by molar-refractivity contribution is 5.17. The van der Waals surface area contributed by atoms with Gasteiger partial charge in [-0.2, -0.15) is 0 Å². The standard InChI is InChI=1S/C17H26FN/c1-2-19-17(12-9-14-5-3-4-6-14)13-15-7-10-16(18)11-8-15/h7-8,10-11,14,17,19H,2-6,9,12-13H2,1H3. The van der Waals surface area contributed by atoms with Crippen molar-refractivity contribution in [3.05, 3.63) is 35.6 Å². The molecule has 0 radical (unpaired) electrons. The first-order valence-corrected chi connectivity index (χ1v) is 7.75. The molecular weight excluding hydrogens is 237 g/mol. The summed E-state index contributed by atoms with van der Waals surface area (Å²) in [6.45, 7) is 3.17. The second kappa shape index (κ2) is 7.64. The Hall–Kier alpha value is -0.890. The van der Waals surface area contributed by atoms with E-state index in [-0.39, 0.29) is 5.82 Å². The van der Waals surface area contributed by atoms with Gasteiger partial charge in [-0.3, -0.25) is 0 Å². The van der Waals surface area contributed by atoms with E-state index in [0.717, 1.165) is 18.9 Å². The average Bonchev–Trinajstić information content (AvgIpc) is 2.92. The lowest BCUT2D eigenvalue weighted by Crippen LogP contribution is -2.31. The largest absolute Gasteiger partial charge is 0.314 e. The molecule has 1 aromatic carbocycles. The van der Waals surface area contributed by atoms with Gasteiger partial charge >= 0.3 is 0 Å². The van der Waals surface area contributed by atoms with Crippen LogP contribution in [0, 0.1) is 11.7 Å². The quantitative estimate of drug-likeness (QED) is 0.772. The highest BCUT2D eigenvalue weighted by Gasteiger charge is 2.17. The molecule has 106 valence electrons. The van der Waals surface area contributed by atoms with Crippen molar-refractivity contribution in [1.29, 1.82) is 0 Å². The minimum atomic E-state index is -0.144. The van der Waals surface area contributed by atoms with E-state index in [0.29, 0.717) is 6.04 Å². The molecule has 1 aliphatic rings. The van der Waals surface area contributed by atoms with Crippen LogP contribution in [0.1, 0.15) is 51.0 Å². The average molecular weight is 263 g/mol. The van der Waals surface area contributed by atoms with Crippen LogP contribution in [0.25, 0.3) is 0 Å². The minimum Gasteiger partial charge on any atom is -0.314 e. The minimum absolute atomic E-state index is 0.144. The molecule has 0 bridgehead atoms. The van der Waals surface area contributed by atoms with Gasteiger partial charge in [0.2, 0.25) is 0 Å². The summed E-state index contributed by atoms with van der Waals surface area (Å²) >= 11 is 0. The van der Waals surface area contributed by atoms with E-state index in [9.17, 15) is 4.39 Å². The topological polar surface area (TPSA) is 12.0 Å². The Labute approximate surface area is 116 Å². The van der Waals surface area contributed by atoms with Crippen LogP contribution in [-0.4, -0.2) is 12.6 Å². The molecule has 1 saturated carbocycles. The Morgan fingerprint density at radius 1 is 1.21 bits per heavy atom. The van der Waals surface area contributed by atoms with E-state index in [2.05, 4.69) is 12.2 Å². The zero-order valence-electron chi connectivity index (χ0n) is 12.0. The third-order valence-corrected chi connectivity index (χ3v) is 4.29. The summed E-state index contributed by atoms with van der Waals surface area (Å²) < 4.78 is 12.9. The number of hydrogen-bond donors (Lipinski definition) is 1. The predicted molar refractivity (Wildman–Crippen MR) is 78.8 cm³/mol. The first-order valence-electron chi connectivity index (χ1n) is 7.75. The van der Waals surface area contributed by atoms with Crippen LogP contribution in [0.15, 0.2) is 24.3 Å². The van der Waals surface area contributed by atoms with E-state index in [1.807, 2.05) is 12.1 Å². The monoisotopic (exact) mass is 263 g/mol. The maximum absolute atomic E-state index is 12.9. The van der Waals surface area contributed by atoms with E-state index < -0.39 is 0 Å². The van der Waals surface area contributed by atoms with Crippen LogP contribution in [0.3, 0.4) is 0 Å². The van der Waals surface area contributed by atoms with Crippen molar-refractivity contribution < 1.29 is 4.39 Å². The number of benzene rings is 1. The molecule has 1 nitrogen and oxygen atoms in total. The highest BCUT2D eigenvalue weighted by Crippen LogP contribution is 2.29. The lowest BCUT2D eigenvalue weighted by molar-refractivity contribution is 0.407. The lowest BCUT2D eigenvalue weighted by Gasteiger charge is -2.20. The Balaban J connectivity index is 1.82. The van der Waals surface area contributed by atoms with E-state index in [1.54, 1.807) is 12.1 Å². The van der Waals surface area contributed by atoms with Crippen molar-refractivity contribution in [2.75, 3.05) is 6.54 Å². The van der Waals surface area contributed by atoms with Gasteiger partial charge in [0.25, 0.3) is 0 Å². The molecule has 1 N–H and O–H groups in total. The van der Waals surface area contributed by atoms with Gasteiger partial charge in [-0.15, -0.1) is 0 Å². The van der Waals surface area contributed by atoms with Crippen LogP contribution < -0.4 is 5.32 Å². The Morgan fingerprint density at radius 3 is 2.53 bits per heavy atom. The normalized spacial score (nSPS) is 17.8. The summed E-state index contributed by atoms with van der Waals surface area (Å²) in [5, 5.41) is 3.58.